The number of esters is 1. The van der Waals surface area contributed by atoms with Crippen molar-refractivity contribution in [2.24, 2.45) is 0 Å². The van der Waals surface area contributed by atoms with E-state index in [-0.39, 0.29) is 12.0 Å². The first-order valence-corrected chi connectivity index (χ1v) is 7.18. The lowest BCUT2D eigenvalue weighted by Crippen LogP contribution is -2.37. The predicted octanol–water partition coefficient (Wildman–Crippen LogP) is 2.53. The van der Waals surface area contributed by atoms with Gasteiger partial charge in [-0.1, -0.05) is 25.8 Å². The molecule has 0 radical (unpaired) electrons. The monoisotopic (exact) mass is 295 g/mol. The van der Waals surface area contributed by atoms with Gasteiger partial charge >= 0.3 is 5.97 Å². The van der Waals surface area contributed by atoms with Gasteiger partial charge in [0.15, 0.2) is 11.5 Å². The molecule has 1 aromatic carbocycles. The van der Waals surface area contributed by atoms with Crippen LogP contribution in [-0.4, -0.2) is 33.3 Å². The number of nitrogens with one attached hydrogen (secondary N) is 1. The summed E-state index contributed by atoms with van der Waals surface area (Å²) in [7, 11) is 4.63. The largest absolute Gasteiger partial charge is 0.493 e. The lowest BCUT2D eigenvalue weighted by Gasteiger charge is -2.17. The first-order valence-electron chi connectivity index (χ1n) is 7.18. The van der Waals surface area contributed by atoms with Crippen molar-refractivity contribution in [3.05, 3.63) is 23.8 Å². The number of carbonyl (C=O) groups excluding carboxylic acids is 1. The zero-order valence-electron chi connectivity index (χ0n) is 13.3. The number of benzene rings is 1. The van der Waals surface area contributed by atoms with Crippen LogP contribution in [0.2, 0.25) is 0 Å². The van der Waals surface area contributed by atoms with Gasteiger partial charge in [0.2, 0.25) is 0 Å². The van der Waals surface area contributed by atoms with E-state index in [0.29, 0.717) is 18.0 Å². The Morgan fingerprint density at radius 3 is 2.48 bits per heavy atom. The fourth-order valence-electron chi connectivity index (χ4n) is 2.09. The minimum Gasteiger partial charge on any atom is -0.493 e. The maximum absolute atomic E-state index is 11.7. The Hall–Kier alpha value is -1.75. The van der Waals surface area contributed by atoms with E-state index in [9.17, 15) is 4.79 Å². The molecule has 1 atom stereocenters. The second-order valence-electron chi connectivity index (χ2n) is 4.79. The molecule has 5 heteroatoms. The lowest BCUT2D eigenvalue weighted by molar-refractivity contribution is -0.143. The van der Waals surface area contributed by atoms with Gasteiger partial charge in [0.25, 0.3) is 0 Å². The molecule has 0 aromatic heterocycles. The van der Waals surface area contributed by atoms with Crippen molar-refractivity contribution in [3.63, 3.8) is 0 Å². The maximum Gasteiger partial charge on any atom is 0.322 e. The molecule has 0 aliphatic rings. The van der Waals surface area contributed by atoms with Gasteiger partial charge in [0.1, 0.15) is 6.04 Å². The highest BCUT2D eigenvalue weighted by atomic mass is 16.5. The molecule has 1 aromatic rings. The van der Waals surface area contributed by atoms with Crippen molar-refractivity contribution in [1.82, 2.24) is 5.32 Å². The Kier molecular flexibility index (Phi) is 7.61. The second kappa shape index (κ2) is 9.23. The van der Waals surface area contributed by atoms with E-state index >= 15 is 0 Å². The van der Waals surface area contributed by atoms with Gasteiger partial charge in [-0.3, -0.25) is 4.79 Å². The second-order valence-corrected chi connectivity index (χ2v) is 4.79. The summed E-state index contributed by atoms with van der Waals surface area (Å²) < 4.78 is 15.3. The molecule has 0 aliphatic carbocycles. The summed E-state index contributed by atoms with van der Waals surface area (Å²) in [6.45, 7) is 2.67. The van der Waals surface area contributed by atoms with E-state index in [4.69, 9.17) is 14.2 Å². The van der Waals surface area contributed by atoms with Gasteiger partial charge in [-0.15, -0.1) is 0 Å². The van der Waals surface area contributed by atoms with Gasteiger partial charge in [-0.05, 0) is 24.1 Å². The highest BCUT2D eigenvalue weighted by Crippen LogP contribution is 2.27. The normalized spacial score (nSPS) is 11.8. The fourth-order valence-corrected chi connectivity index (χ4v) is 2.09. The highest BCUT2D eigenvalue weighted by Gasteiger charge is 2.17. The molecule has 5 nitrogen and oxygen atoms in total. The number of hydrogen-bond donors (Lipinski definition) is 1. The van der Waals surface area contributed by atoms with Crippen LogP contribution in [0.1, 0.15) is 31.7 Å². The van der Waals surface area contributed by atoms with Gasteiger partial charge < -0.3 is 19.5 Å². The van der Waals surface area contributed by atoms with E-state index in [1.54, 1.807) is 14.2 Å². The van der Waals surface area contributed by atoms with Gasteiger partial charge in [0, 0.05) is 6.54 Å². The Morgan fingerprint density at radius 2 is 1.90 bits per heavy atom. The molecule has 0 spiro atoms. The van der Waals surface area contributed by atoms with Crippen molar-refractivity contribution in [2.75, 3.05) is 21.3 Å². The van der Waals surface area contributed by atoms with E-state index in [1.165, 1.54) is 7.11 Å². The van der Waals surface area contributed by atoms with Crippen LogP contribution in [-0.2, 0) is 16.1 Å². The van der Waals surface area contributed by atoms with Crippen molar-refractivity contribution >= 4 is 5.97 Å². The topological polar surface area (TPSA) is 56.8 Å². The lowest BCUT2D eigenvalue weighted by atomic mass is 10.1. The first-order chi connectivity index (χ1) is 10.2. The zero-order chi connectivity index (χ0) is 15.7. The number of rotatable bonds is 9. The van der Waals surface area contributed by atoms with Crippen LogP contribution in [0, 0.1) is 0 Å². The third kappa shape index (κ3) is 5.27. The Morgan fingerprint density at radius 1 is 1.19 bits per heavy atom. The third-order valence-electron chi connectivity index (χ3n) is 3.33. The Labute approximate surface area is 126 Å². The predicted molar refractivity (Wildman–Crippen MR) is 81.7 cm³/mol. The summed E-state index contributed by atoms with van der Waals surface area (Å²) in [6, 6.07) is 5.43. The summed E-state index contributed by atoms with van der Waals surface area (Å²) in [5.74, 6) is 1.15. The minimum absolute atomic E-state index is 0.219. The first kappa shape index (κ1) is 17.3. The summed E-state index contributed by atoms with van der Waals surface area (Å²) >= 11 is 0. The van der Waals surface area contributed by atoms with Crippen molar-refractivity contribution in [2.45, 2.75) is 38.8 Å². The molecule has 1 rings (SSSR count). The third-order valence-corrected chi connectivity index (χ3v) is 3.33. The van der Waals surface area contributed by atoms with Crippen LogP contribution in [0.15, 0.2) is 18.2 Å². The van der Waals surface area contributed by atoms with Crippen LogP contribution in [0.5, 0.6) is 11.5 Å². The Bertz CT molecular complexity index is 448. The molecule has 0 fully saturated rings. The summed E-state index contributed by atoms with van der Waals surface area (Å²) in [5.41, 5.74) is 1.03. The molecule has 1 unspecified atom stereocenters. The van der Waals surface area contributed by atoms with Gasteiger partial charge in [-0.2, -0.15) is 0 Å². The molecule has 0 aliphatic heterocycles. The molecule has 118 valence electrons. The molecular formula is C16H25NO4. The molecule has 0 bridgehead atoms. The van der Waals surface area contributed by atoms with Crippen LogP contribution in [0.4, 0.5) is 0 Å². The number of unbranched alkanes of at least 4 members (excludes halogenated alkanes) is 1. The van der Waals surface area contributed by atoms with Crippen LogP contribution in [0.25, 0.3) is 0 Å². The highest BCUT2D eigenvalue weighted by molar-refractivity contribution is 5.75. The van der Waals surface area contributed by atoms with Crippen molar-refractivity contribution in [3.8, 4) is 11.5 Å². The van der Waals surface area contributed by atoms with Crippen LogP contribution in [0.3, 0.4) is 0 Å². The summed E-state index contributed by atoms with van der Waals surface area (Å²) in [5, 5.41) is 3.24. The molecule has 21 heavy (non-hydrogen) atoms. The number of ether oxygens (including phenoxy) is 3. The van der Waals surface area contributed by atoms with E-state index in [2.05, 4.69) is 12.2 Å². The van der Waals surface area contributed by atoms with E-state index in [0.717, 1.165) is 24.8 Å². The zero-order valence-corrected chi connectivity index (χ0v) is 13.3. The molecule has 1 N–H and O–H groups in total. The van der Waals surface area contributed by atoms with Crippen molar-refractivity contribution < 1.29 is 19.0 Å². The van der Waals surface area contributed by atoms with Crippen LogP contribution < -0.4 is 14.8 Å². The van der Waals surface area contributed by atoms with Gasteiger partial charge in [-0.25, -0.2) is 0 Å². The molecule has 0 amide bonds. The van der Waals surface area contributed by atoms with Crippen LogP contribution >= 0.6 is 0 Å². The quantitative estimate of drug-likeness (QED) is 0.709. The van der Waals surface area contributed by atoms with E-state index in [1.807, 2.05) is 18.2 Å². The standard InChI is InChI=1S/C16H25NO4/c1-5-6-7-13(16(18)21-4)17-11-12-8-9-14(19-2)15(10-12)20-3/h8-10,13,17H,5-7,11H2,1-4H3. The number of carbonyl (C=O) groups is 1. The molecular weight excluding hydrogens is 270 g/mol. The SMILES string of the molecule is CCCCC(NCc1ccc(OC)c(OC)c1)C(=O)OC. The summed E-state index contributed by atoms with van der Waals surface area (Å²) in [6.07, 6.45) is 2.81. The molecule has 0 saturated carbocycles. The summed E-state index contributed by atoms with van der Waals surface area (Å²) in [4.78, 5) is 11.7. The van der Waals surface area contributed by atoms with E-state index < -0.39 is 0 Å². The smallest absolute Gasteiger partial charge is 0.322 e. The molecule has 0 heterocycles. The number of hydrogen-bond acceptors (Lipinski definition) is 5. The number of methoxy groups -OCH3 is 3. The average molecular weight is 295 g/mol. The maximum atomic E-state index is 11.7. The van der Waals surface area contributed by atoms with Crippen molar-refractivity contribution in [1.29, 1.82) is 0 Å². The molecule has 0 saturated heterocycles. The minimum atomic E-state index is -0.275. The fraction of sp³-hybridized carbons (Fsp3) is 0.562. The average Bonchev–Trinajstić information content (AvgIpc) is 2.53. The Balaban J connectivity index is 2.68. The van der Waals surface area contributed by atoms with Gasteiger partial charge in [0.05, 0.1) is 21.3 Å².